The van der Waals surface area contributed by atoms with Crippen LogP contribution in [0, 0.1) is 0 Å². The van der Waals surface area contributed by atoms with Crippen LogP contribution in [0.25, 0.3) is 11.6 Å². The van der Waals surface area contributed by atoms with E-state index in [2.05, 4.69) is 27.3 Å². The Labute approximate surface area is 163 Å². The van der Waals surface area contributed by atoms with Crippen molar-refractivity contribution in [3.05, 3.63) is 40.4 Å². The molecule has 27 heavy (non-hydrogen) atoms. The minimum atomic E-state index is 0.0633. The van der Waals surface area contributed by atoms with Crippen LogP contribution in [0.2, 0.25) is 5.15 Å². The Balaban J connectivity index is 1.41. The molecule has 1 unspecified atom stereocenters. The van der Waals surface area contributed by atoms with E-state index in [1.165, 1.54) is 23.2 Å². The second-order valence-electron chi connectivity index (χ2n) is 7.30. The molecule has 5 rings (SSSR count). The van der Waals surface area contributed by atoms with Gasteiger partial charge < -0.3 is 14.4 Å². The molecule has 2 aliphatic heterocycles. The summed E-state index contributed by atoms with van der Waals surface area (Å²) in [6.45, 7) is 4.10. The lowest BCUT2D eigenvalue weighted by Crippen LogP contribution is -2.36. The Morgan fingerprint density at radius 2 is 2.04 bits per heavy atom. The zero-order chi connectivity index (χ0) is 18.2. The van der Waals surface area contributed by atoms with Gasteiger partial charge in [-0.3, -0.25) is 0 Å². The first-order valence-corrected chi connectivity index (χ1v) is 10.0. The van der Waals surface area contributed by atoms with Crippen LogP contribution in [0.5, 0.6) is 0 Å². The van der Waals surface area contributed by atoms with Crippen LogP contribution in [-0.2, 0) is 15.9 Å². The molecule has 3 aliphatic rings. The summed E-state index contributed by atoms with van der Waals surface area (Å²) < 4.78 is 13.3. The summed E-state index contributed by atoms with van der Waals surface area (Å²) in [4.78, 5) is 6.91. The van der Waals surface area contributed by atoms with E-state index in [0.717, 1.165) is 63.4 Å². The van der Waals surface area contributed by atoms with E-state index in [9.17, 15) is 0 Å². The van der Waals surface area contributed by atoms with E-state index in [-0.39, 0.29) is 6.23 Å². The number of pyridine rings is 1. The number of ether oxygens (including phenoxy) is 2. The number of anilines is 1. The first kappa shape index (κ1) is 17.2. The third-order valence-electron chi connectivity index (χ3n) is 5.55. The number of nitrogens with zero attached hydrogens (tertiary/aromatic N) is 4. The van der Waals surface area contributed by atoms with Crippen LogP contribution in [0.15, 0.2) is 18.5 Å². The molecule has 0 aromatic carbocycles. The molecule has 0 bridgehead atoms. The summed E-state index contributed by atoms with van der Waals surface area (Å²) in [6, 6.07) is 1.99. The Hall–Kier alpha value is -1.89. The van der Waals surface area contributed by atoms with E-state index in [4.69, 9.17) is 21.1 Å². The van der Waals surface area contributed by atoms with Crippen molar-refractivity contribution in [3.8, 4) is 0 Å². The van der Waals surface area contributed by atoms with Crippen LogP contribution < -0.4 is 4.90 Å². The normalized spacial score (nSPS) is 22.6. The topological polar surface area (TPSA) is 52.4 Å². The van der Waals surface area contributed by atoms with Crippen molar-refractivity contribution in [2.45, 2.75) is 31.9 Å². The van der Waals surface area contributed by atoms with Gasteiger partial charge in [-0.2, -0.15) is 5.10 Å². The highest BCUT2D eigenvalue weighted by atomic mass is 35.5. The summed E-state index contributed by atoms with van der Waals surface area (Å²) in [7, 11) is 0. The van der Waals surface area contributed by atoms with E-state index in [0.29, 0.717) is 5.15 Å². The van der Waals surface area contributed by atoms with Crippen molar-refractivity contribution in [2.24, 2.45) is 0 Å². The lowest BCUT2D eigenvalue weighted by molar-refractivity contribution is -0.0395. The third-order valence-corrected chi connectivity index (χ3v) is 5.75. The molecular weight excluding hydrogens is 364 g/mol. The molecule has 0 saturated carbocycles. The molecule has 142 valence electrons. The number of hydrogen-bond acceptors (Lipinski definition) is 5. The van der Waals surface area contributed by atoms with Gasteiger partial charge in [0.05, 0.1) is 25.1 Å². The molecule has 7 heteroatoms. The van der Waals surface area contributed by atoms with Crippen LogP contribution >= 0.6 is 11.6 Å². The Morgan fingerprint density at radius 1 is 1.15 bits per heavy atom. The molecule has 4 heterocycles. The molecule has 2 aromatic rings. The highest BCUT2D eigenvalue weighted by molar-refractivity contribution is 6.29. The second-order valence-corrected chi connectivity index (χ2v) is 7.69. The summed E-state index contributed by atoms with van der Waals surface area (Å²) in [5, 5.41) is 5.10. The monoisotopic (exact) mass is 386 g/mol. The summed E-state index contributed by atoms with van der Waals surface area (Å²) >= 11 is 6.32. The average molecular weight is 387 g/mol. The zero-order valence-electron chi connectivity index (χ0n) is 15.2. The van der Waals surface area contributed by atoms with Gasteiger partial charge >= 0.3 is 0 Å². The highest BCUT2D eigenvalue weighted by Gasteiger charge is 2.25. The van der Waals surface area contributed by atoms with Crippen LogP contribution in [0.1, 0.15) is 42.3 Å². The van der Waals surface area contributed by atoms with Crippen molar-refractivity contribution in [1.82, 2.24) is 14.8 Å². The Bertz CT molecular complexity index is 867. The fourth-order valence-electron chi connectivity index (χ4n) is 4.12. The van der Waals surface area contributed by atoms with Gasteiger partial charge in [0.25, 0.3) is 0 Å². The molecule has 1 aliphatic carbocycles. The molecule has 1 atom stereocenters. The lowest BCUT2D eigenvalue weighted by Gasteiger charge is -2.30. The third kappa shape index (κ3) is 3.37. The van der Waals surface area contributed by atoms with Crippen LogP contribution in [0.3, 0.4) is 0 Å². The maximum absolute atomic E-state index is 6.32. The van der Waals surface area contributed by atoms with Gasteiger partial charge in [-0.25, -0.2) is 9.67 Å². The first-order valence-electron chi connectivity index (χ1n) is 9.67. The molecule has 2 aromatic heterocycles. The van der Waals surface area contributed by atoms with Gasteiger partial charge in [-0.1, -0.05) is 11.6 Å². The van der Waals surface area contributed by atoms with Gasteiger partial charge in [0.1, 0.15) is 11.4 Å². The van der Waals surface area contributed by atoms with Crippen molar-refractivity contribution >= 4 is 28.9 Å². The quantitative estimate of drug-likeness (QED) is 0.755. The number of hydrogen-bond donors (Lipinski definition) is 0. The van der Waals surface area contributed by atoms with Crippen molar-refractivity contribution in [3.63, 3.8) is 0 Å². The summed E-state index contributed by atoms with van der Waals surface area (Å²) in [6.07, 6.45) is 10.5. The molecule has 0 N–H and O–H groups in total. The summed E-state index contributed by atoms with van der Waals surface area (Å²) in [5.74, 6) is 0. The highest BCUT2D eigenvalue weighted by Crippen LogP contribution is 2.38. The molecular formula is C20H23ClN4O2. The number of halogens is 1. The van der Waals surface area contributed by atoms with Gasteiger partial charge in [0, 0.05) is 49.1 Å². The van der Waals surface area contributed by atoms with E-state index >= 15 is 0 Å². The number of allylic oxidation sites excluding steroid dienone is 1. The van der Waals surface area contributed by atoms with Crippen molar-refractivity contribution in [2.75, 3.05) is 37.8 Å². The van der Waals surface area contributed by atoms with Gasteiger partial charge in [0.2, 0.25) is 0 Å². The van der Waals surface area contributed by atoms with Crippen LogP contribution in [-0.4, -0.2) is 47.7 Å². The molecule has 2 saturated heterocycles. The Morgan fingerprint density at radius 3 is 2.85 bits per heavy atom. The second kappa shape index (κ2) is 7.26. The fourth-order valence-corrected chi connectivity index (χ4v) is 4.31. The predicted molar refractivity (Wildman–Crippen MR) is 105 cm³/mol. The SMILES string of the molecule is Clc1cc(N2CCOCC2)c2c(n1)C=C(c1cnn(C3CCCCO3)c1)C2. The summed E-state index contributed by atoms with van der Waals surface area (Å²) in [5.41, 5.74) is 5.77. The van der Waals surface area contributed by atoms with Crippen molar-refractivity contribution in [1.29, 1.82) is 0 Å². The van der Waals surface area contributed by atoms with Gasteiger partial charge in [0.15, 0.2) is 0 Å². The fraction of sp³-hybridized carbons (Fsp3) is 0.500. The molecule has 2 fully saturated rings. The maximum Gasteiger partial charge on any atom is 0.150 e. The number of fused-ring (bicyclic) bond motifs is 1. The molecule has 6 nitrogen and oxygen atoms in total. The minimum Gasteiger partial charge on any atom is -0.378 e. The number of morpholine rings is 1. The first-order chi connectivity index (χ1) is 13.3. The van der Waals surface area contributed by atoms with Crippen LogP contribution in [0.4, 0.5) is 5.69 Å². The molecule has 0 radical (unpaired) electrons. The number of rotatable bonds is 3. The average Bonchev–Trinajstić information content (AvgIpc) is 3.36. The smallest absolute Gasteiger partial charge is 0.150 e. The van der Waals surface area contributed by atoms with Gasteiger partial charge in [-0.05, 0) is 37.0 Å². The maximum atomic E-state index is 6.32. The van der Waals surface area contributed by atoms with Crippen molar-refractivity contribution < 1.29 is 9.47 Å². The van der Waals surface area contributed by atoms with Gasteiger partial charge in [-0.15, -0.1) is 0 Å². The van der Waals surface area contributed by atoms with E-state index < -0.39 is 0 Å². The Kier molecular flexibility index (Phi) is 4.63. The largest absolute Gasteiger partial charge is 0.378 e. The minimum absolute atomic E-state index is 0.0633. The zero-order valence-corrected chi connectivity index (χ0v) is 16.0. The van der Waals surface area contributed by atoms with E-state index in [1.807, 2.05) is 16.9 Å². The standard InChI is InChI=1S/C20H23ClN4O2/c21-19-11-18(24-4-7-26-8-5-24)16-9-14(10-17(16)23-19)15-12-22-25(13-15)20-3-1-2-6-27-20/h10-13,20H,1-9H2. The molecule has 0 spiro atoms. The van der Waals surface area contributed by atoms with E-state index in [1.54, 1.807) is 0 Å². The molecule has 0 amide bonds. The number of aromatic nitrogens is 3. The lowest BCUT2D eigenvalue weighted by atomic mass is 10.1. The predicted octanol–water partition coefficient (Wildman–Crippen LogP) is 3.56.